The predicted octanol–water partition coefficient (Wildman–Crippen LogP) is 2.32. The molecule has 10 nitrogen and oxygen atoms in total. The van der Waals surface area contributed by atoms with E-state index in [2.05, 4.69) is 5.32 Å². The number of esters is 1. The first-order valence-electron chi connectivity index (χ1n) is 8.74. The molecule has 2 aromatic rings. The van der Waals surface area contributed by atoms with E-state index in [1.54, 1.807) is 30.3 Å². The Kier molecular flexibility index (Phi) is 6.46. The van der Waals surface area contributed by atoms with Gasteiger partial charge in [0.15, 0.2) is 24.7 Å². The third-order valence-electron chi connectivity index (χ3n) is 3.80. The van der Waals surface area contributed by atoms with Gasteiger partial charge in [0.05, 0.1) is 24.2 Å². The number of nitro benzene ring substituents is 1. The fourth-order valence-corrected chi connectivity index (χ4v) is 2.48. The van der Waals surface area contributed by atoms with E-state index in [-0.39, 0.29) is 29.5 Å². The molecule has 1 aliphatic rings. The summed E-state index contributed by atoms with van der Waals surface area (Å²) in [5.74, 6) is -0.488. The zero-order valence-corrected chi connectivity index (χ0v) is 15.3. The van der Waals surface area contributed by atoms with Crippen LogP contribution in [0.1, 0.15) is 6.42 Å². The van der Waals surface area contributed by atoms with Gasteiger partial charge >= 0.3 is 5.97 Å². The van der Waals surface area contributed by atoms with Crippen LogP contribution in [0, 0.1) is 10.1 Å². The molecule has 0 atom stereocenters. The number of ether oxygens (including phenoxy) is 4. The molecule has 3 rings (SSSR count). The summed E-state index contributed by atoms with van der Waals surface area (Å²) in [7, 11) is 0. The Bertz CT molecular complexity index is 901. The average molecular weight is 402 g/mol. The van der Waals surface area contributed by atoms with Crippen LogP contribution in [0.4, 0.5) is 11.4 Å². The van der Waals surface area contributed by atoms with Crippen molar-refractivity contribution in [2.75, 3.05) is 31.7 Å². The number of nitrogens with zero attached hydrogens (tertiary/aromatic N) is 1. The van der Waals surface area contributed by atoms with E-state index in [1.807, 2.05) is 0 Å². The number of fused-ring (bicyclic) bond motifs is 1. The van der Waals surface area contributed by atoms with Crippen LogP contribution in [0.3, 0.4) is 0 Å². The summed E-state index contributed by atoms with van der Waals surface area (Å²) in [6, 6.07) is 11.1. The number of carbonyl (C=O) groups is 2. The van der Waals surface area contributed by atoms with E-state index in [0.29, 0.717) is 25.4 Å². The summed E-state index contributed by atoms with van der Waals surface area (Å²) in [5.41, 5.74) is -0.442. The van der Waals surface area contributed by atoms with Crippen LogP contribution in [-0.2, 0) is 14.3 Å². The lowest BCUT2D eigenvalue weighted by molar-refractivity contribution is -0.384. The quantitative estimate of drug-likeness (QED) is 0.425. The molecule has 0 fully saturated rings. The largest absolute Gasteiger partial charge is 0.489 e. The van der Waals surface area contributed by atoms with Crippen LogP contribution in [0.2, 0.25) is 0 Å². The summed E-state index contributed by atoms with van der Waals surface area (Å²) in [4.78, 5) is 34.5. The number of carbonyl (C=O) groups excluding carboxylic acids is 2. The topological polar surface area (TPSA) is 126 Å². The molecule has 0 unspecified atom stereocenters. The number of amides is 1. The van der Waals surface area contributed by atoms with Gasteiger partial charge in [0, 0.05) is 12.5 Å². The van der Waals surface area contributed by atoms with Gasteiger partial charge in [0.25, 0.3) is 11.6 Å². The van der Waals surface area contributed by atoms with Crippen molar-refractivity contribution >= 4 is 23.3 Å². The molecule has 0 spiro atoms. The molecule has 10 heteroatoms. The Morgan fingerprint density at radius 2 is 1.76 bits per heavy atom. The zero-order valence-electron chi connectivity index (χ0n) is 15.3. The second kappa shape index (κ2) is 9.40. The van der Waals surface area contributed by atoms with Crippen molar-refractivity contribution < 1.29 is 33.5 Å². The zero-order chi connectivity index (χ0) is 20.6. The monoisotopic (exact) mass is 402 g/mol. The third kappa shape index (κ3) is 5.58. The molecule has 1 heterocycles. The Hall–Kier alpha value is -3.82. The number of para-hydroxylation sites is 1. The van der Waals surface area contributed by atoms with Crippen LogP contribution < -0.4 is 19.5 Å². The van der Waals surface area contributed by atoms with Crippen molar-refractivity contribution in [1.29, 1.82) is 0 Å². The van der Waals surface area contributed by atoms with Gasteiger partial charge < -0.3 is 24.3 Å². The number of anilines is 1. The number of hydrogen-bond donors (Lipinski definition) is 1. The maximum Gasteiger partial charge on any atom is 0.344 e. The van der Waals surface area contributed by atoms with Gasteiger partial charge in [-0.1, -0.05) is 18.2 Å². The van der Waals surface area contributed by atoms with Crippen LogP contribution >= 0.6 is 0 Å². The molecule has 0 bridgehead atoms. The standard InChI is InChI=1S/C19H18N2O8/c22-18(11-29-19(23)12-28-13-5-2-1-3-6-13)20-14-9-16-17(10-15(14)21(24)25)27-8-4-7-26-16/h1-3,5-6,9-10H,4,7-8,11-12H2,(H,20,22). The summed E-state index contributed by atoms with van der Waals surface area (Å²) in [6.07, 6.45) is 0.630. The highest BCUT2D eigenvalue weighted by atomic mass is 16.6. The minimum absolute atomic E-state index is 0.0826. The molecule has 1 N–H and O–H groups in total. The number of hydrogen-bond acceptors (Lipinski definition) is 8. The van der Waals surface area contributed by atoms with Crippen LogP contribution in [-0.4, -0.2) is 43.2 Å². The second-order valence-corrected chi connectivity index (χ2v) is 5.93. The molecule has 0 saturated carbocycles. The first-order valence-corrected chi connectivity index (χ1v) is 8.74. The van der Waals surface area contributed by atoms with Crippen molar-refractivity contribution in [3.8, 4) is 17.2 Å². The van der Waals surface area contributed by atoms with Gasteiger partial charge in [-0.3, -0.25) is 14.9 Å². The number of nitrogens with one attached hydrogen (secondary N) is 1. The van der Waals surface area contributed by atoms with E-state index in [9.17, 15) is 19.7 Å². The fraction of sp³-hybridized carbons (Fsp3) is 0.263. The summed E-state index contributed by atoms with van der Waals surface area (Å²) < 4.78 is 20.9. The van der Waals surface area contributed by atoms with Crippen molar-refractivity contribution in [3.63, 3.8) is 0 Å². The normalized spacial score (nSPS) is 12.4. The molecular weight excluding hydrogens is 384 g/mol. The smallest absolute Gasteiger partial charge is 0.344 e. The highest BCUT2D eigenvalue weighted by molar-refractivity contribution is 5.95. The number of benzene rings is 2. The van der Waals surface area contributed by atoms with Gasteiger partial charge in [0.2, 0.25) is 0 Å². The molecule has 1 aliphatic heterocycles. The molecule has 0 aromatic heterocycles. The lowest BCUT2D eigenvalue weighted by atomic mass is 10.2. The molecule has 1 amide bonds. The fourth-order valence-electron chi connectivity index (χ4n) is 2.48. The first-order chi connectivity index (χ1) is 14.0. The second-order valence-electron chi connectivity index (χ2n) is 5.93. The van der Waals surface area contributed by atoms with Crippen LogP contribution in [0.25, 0.3) is 0 Å². The predicted molar refractivity (Wildman–Crippen MR) is 100 cm³/mol. The van der Waals surface area contributed by atoms with Gasteiger partial charge in [-0.15, -0.1) is 0 Å². The molecular formula is C19H18N2O8. The Labute approximate surface area is 165 Å². The summed E-state index contributed by atoms with van der Waals surface area (Å²) in [6.45, 7) is -0.238. The van der Waals surface area contributed by atoms with E-state index in [0.717, 1.165) is 0 Å². The van der Waals surface area contributed by atoms with Crippen molar-refractivity contribution in [3.05, 3.63) is 52.6 Å². The van der Waals surface area contributed by atoms with Crippen molar-refractivity contribution in [2.45, 2.75) is 6.42 Å². The maximum absolute atomic E-state index is 12.1. The Morgan fingerprint density at radius 3 is 2.45 bits per heavy atom. The highest BCUT2D eigenvalue weighted by Gasteiger charge is 2.23. The van der Waals surface area contributed by atoms with E-state index < -0.39 is 23.4 Å². The first kappa shape index (κ1) is 19.9. The van der Waals surface area contributed by atoms with Gasteiger partial charge in [-0.05, 0) is 12.1 Å². The van der Waals surface area contributed by atoms with Crippen LogP contribution in [0.15, 0.2) is 42.5 Å². The van der Waals surface area contributed by atoms with E-state index in [1.165, 1.54) is 12.1 Å². The summed E-state index contributed by atoms with van der Waals surface area (Å²) in [5, 5.41) is 13.7. The van der Waals surface area contributed by atoms with E-state index >= 15 is 0 Å². The van der Waals surface area contributed by atoms with E-state index in [4.69, 9.17) is 18.9 Å². The SMILES string of the molecule is O=C(COC(=O)COc1ccccc1)Nc1cc2c(cc1[N+](=O)[O-])OCCCO2. The van der Waals surface area contributed by atoms with Gasteiger partial charge in [0.1, 0.15) is 11.4 Å². The maximum atomic E-state index is 12.1. The minimum atomic E-state index is -0.753. The molecule has 29 heavy (non-hydrogen) atoms. The molecule has 0 saturated heterocycles. The molecule has 152 valence electrons. The Morgan fingerprint density at radius 1 is 1.07 bits per heavy atom. The lowest BCUT2D eigenvalue weighted by Gasteiger charge is -2.11. The van der Waals surface area contributed by atoms with Gasteiger partial charge in [-0.25, -0.2) is 4.79 Å². The molecule has 0 aliphatic carbocycles. The highest BCUT2D eigenvalue weighted by Crippen LogP contribution is 2.39. The lowest BCUT2D eigenvalue weighted by Crippen LogP contribution is -2.24. The Balaban J connectivity index is 1.57. The van der Waals surface area contributed by atoms with Crippen molar-refractivity contribution in [1.82, 2.24) is 0 Å². The van der Waals surface area contributed by atoms with Gasteiger partial charge in [-0.2, -0.15) is 0 Å². The number of rotatable bonds is 7. The van der Waals surface area contributed by atoms with Crippen molar-refractivity contribution in [2.24, 2.45) is 0 Å². The average Bonchev–Trinajstić information content (AvgIpc) is 2.95. The summed E-state index contributed by atoms with van der Waals surface area (Å²) >= 11 is 0. The third-order valence-corrected chi connectivity index (χ3v) is 3.80. The van der Waals surface area contributed by atoms with Crippen LogP contribution in [0.5, 0.6) is 17.2 Å². The molecule has 2 aromatic carbocycles. The number of nitro groups is 1. The molecule has 0 radical (unpaired) electrons. The minimum Gasteiger partial charge on any atom is -0.489 e.